The van der Waals surface area contributed by atoms with Crippen LogP contribution in [0.15, 0.2) is 29.2 Å². The standard InChI is InChI=1S/C13H20N2O2S/c1-11-4-2-3-9-15(11)18(16,17)13-7-5-12(10-14)6-8-13/h5-8,11H,2-4,9-10,14H2,1H3. The third-order valence-electron chi connectivity index (χ3n) is 3.51. The maximum Gasteiger partial charge on any atom is 0.243 e. The Morgan fingerprint density at radius 3 is 2.50 bits per heavy atom. The molecular formula is C13H20N2O2S. The molecule has 0 spiro atoms. The van der Waals surface area contributed by atoms with Gasteiger partial charge in [0, 0.05) is 19.1 Å². The summed E-state index contributed by atoms with van der Waals surface area (Å²) in [6, 6.07) is 6.96. The monoisotopic (exact) mass is 268 g/mol. The van der Waals surface area contributed by atoms with Gasteiger partial charge in [0.2, 0.25) is 10.0 Å². The summed E-state index contributed by atoms with van der Waals surface area (Å²) < 4.78 is 26.6. The van der Waals surface area contributed by atoms with Crippen molar-refractivity contribution >= 4 is 10.0 Å². The van der Waals surface area contributed by atoms with E-state index in [1.165, 1.54) is 0 Å². The lowest BCUT2D eigenvalue weighted by molar-refractivity contribution is 0.268. The van der Waals surface area contributed by atoms with Crippen LogP contribution in [-0.2, 0) is 16.6 Å². The molecule has 0 aromatic heterocycles. The van der Waals surface area contributed by atoms with Crippen LogP contribution in [0.3, 0.4) is 0 Å². The van der Waals surface area contributed by atoms with Gasteiger partial charge in [-0.15, -0.1) is 0 Å². The largest absolute Gasteiger partial charge is 0.326 e. The number of nitrogens with zero attached hydrogens (tertiary/aromatic N) is 1. The van der Waals surface area contributed by atoms with Gasteiger partial charge in [-0.1, -0.05) is 18.6 Å². The number of benzene rings is 1. The van der Waals surface area contributed by atoms with Crippen molar-refractivity contribution in [3.05, 3.63) is 29.8 Å². The predicted octanol–water partition coefficient (Wildman–Crippen LogP) is 1.71. The Morgan fingerprint density at radius 1 is 1.28 bits per heavy atom. The first-order valence-electron chi connectivity index (χ1n) is 6.36. The number of piperidine rings is 1. The molecule has 1 fully saturated rings. The highest BCUT2D eigenvalue weighted by Gasteiger charge is 2.30. The lowest BCUT2D eigenvalue weighted by Crippen LogP contribution is -2.41. The molecule has 1 heterocycles. The average molecular weight is 268 g/mol. The van der Waals surface area contributed by atoms with E-state index in [0.717, 1.165) is 24.8 Å². The Hall–Kier alpha value is -0.910. The minimum Gasteiger partial charge on any atom is -0.326 e. The molecule has 0 aliphatic carbocycles. The molecule has 2 N–H and O–H groups in total. The lowest BCUT2D eigenvalue weighted by atomic mass is 10.1. The van der Waals surface area contributed by atoms with E-state index in [1.807, 2.05) is 6.92 Å². The molecule has 0 saturated carbocycles. The number of hydrogen-bond acceptors (Lipinski definition) is 3. The summed E-state index contributed by atoms with van der Waals surface area (Å²) in [5.74, 6) is 0. The summed E-state index contributed by atoms with van der Waals surface area (Å²) >= 11 is 0. The van der Waals surface area contributed by atoms with E-state index in [0.29, 0.717) is 18.0 Å². The van der Waals surface area contributed by atoms with Gasteiger partial charge < -0.3 is 5.73 Å². The van der Waals surface area contributed by atoms with Crippen molar-refractivity contribution < 1.29 is 8.42 Å². The highest BCUT2D eigenvalue weighted by molar-refractivity contribution is 7.89. The Labute approximate surface area is 109 Å². The molecule has 1 saturated heterocycles. The Bertz CT molecular complexity index is 496. The van der Waals surface area contributed by atoms with Crippen molar-refractivity contribution in [2.45, 2.75) is 43.7 Å². The summed E-state index contributed by atoms with van der Waals surface area (Å²) in [5, 5.41) is 0. The number of rotatable bonds is 3. The van der Waals surface area contributed by atoms with Crippen molar-refractivity contribution in [3.8, 4) is 0 Å². The van der Waals surface area contributed by atoms with Crippen molar-refractivity contribution in [2.75, 3.05) is 6.54 Å². The summed E-state index contributed by atoms with van der Waals surface area (Å²) in [6.45, 7) is 3.04. The third kappa shape index (κ3) is 2.58. The summed E-state index contributed by atoms with van der Waals surface area (Å²) in [4.78, 5) is 0.369. The second kappa shape index (κ2) is 5.38. The zero-order valence-electron chi connectivity index (χ0n) is 10.7. The zero-order valence-corrected chi connectivity index (χ0v) is 11.5. The van der Waals surface area contributed by atoms with Crippen LogP contribution in [0.25, 0.3) is 0 Å². The predicted molar refractivity (Wildman–Crippen MR) is 71.5 cm³/mol. The topological polar surface area (TPSA) is 63.4 Å². The number of nitrogens with two attached hydrogens (primary N) is 1. The van der Waals surface area contributed by atoms with Gasteiger partial charge in [0.1, 0.15) is 0 Å². The van der Waals surface area contributed by atoms with Crippen molar-refractivity contribution in [1.82, 2.24) is 4.31 Å². The smallest absolute Gasteiger partial charge is 0.243 e. The fraction of sp³-hybridized carbons (Fsp3) is 0.538. The molecule has 2 rings (SSSR count). The van der Waals surface area contributed by atoms with E-state index >= 15 is 0 Å². The summed E-state index contributed by atoms with van der Waals surface area (Å²) in [7, 11) is -3.34. The van der Waals surface area contributed by atoms with Crippen LogP contribution < -0.4 is 5.73 Å². The van der Waals surface area contributed by atoms with Crippen molar-refractivity contribution in [1.29, 1.82) is 0 Å². The molecule has 1 unspecified atom stereocenters. The molecular weight excluding hydrogens is 248 g/mol. The van der Waals surface area contributed by atoms with Crippen LogP contribution >= 0.6 is 0 Å². The van der Waals surface area contributed by atoms with E-state index in [1.54, 1.807) is 28.6 Å². The van der Waals surface area contributed by atoms with Crippen LogP contribution in [-0.4, -0.2) is 25.3 Å². The molecule has 18 heavy (non-hydrogen) atoms. The van der Waals surface area contributed by atoms with Gasteiger partial charge in [0.25, 0.3) is 0 Å². The molecule has 1 aromatic rings. The van der Waals surface area contributed by atoms with Crippen molar-refractivity contribution in [2.24, 2.45) is 5.73 Å². The first-order chi connectivity index (χ1) is 8.55. The van der Waals surface area contributed by atoms with E-state index in [-0.39, 0.29) is 6.04 Å². The lowest BCUT2D eigenvalue weighted by Gasteiger charge is -2.32. The first-order valence-corrected chi connectivity index (χ1v) is 7.80. The summed E-state index contributed by atoms with van der Waals surface area (Å²) in [5.41, 5.74) is 6.46. The molecule has 0 amide bonds. The van der Waals surface area contributed by atoms with Gasteiger partial charge in [-0.05, 0) is 37.5 Å². The van der Waals surface area contributed by atoms with Gasteiger partial charge in [-0.2, -0.15) is 4.31 Å². The maximum absolute atomic E-state index is 12.5. The molecule has 1 aromatic carbocycles. The SMILES string of the molecule is CC1CCCCN1S(=O)(=O)c1ccc(CN)cc1. The Morgan fingerprint density at radius 2 is 1.94 bits per heavy atom. The molecule has 4 nitrogen and oxygen atoms in total. The molecule has 0 bridgehead atoms. The van der Waals surface area contributed by atoms with Gasteiger partial charge in [-0.25, -0.2) is 8.42 Å². The Kier molecular flexibility index (Phi) is 4.04. The van der Waals surface area contributed by atoms with Gasteiger partial charge in [0.05, 0.1) is 4.90 Å². The van der Waals surface area contributed by atoms with Crippen LogP contribution in [0.5, 0.6) is 0 Å². The second-order valence-electron chi connectivity index (χ2n) is 4.81. The Balaban J connectivity index is 2.28. The van der Waals surface area contributed by atoms with Crippen LogP contribution in [0.4, 0.5) is 0 Å². The fourth-order valence-electron chi connectivity index (χ4n) is 2.36. The van der Waals surface area contributed by atoms with E-state index in [9.17, 15) is 8.42 Å². The van der Waals surface area contributed by atoms with Crippen LogP contribution in [0.2, 0.25) is 0 Å². The zero-order chi connectivity index (χ0) is 13.2. The van der Waals surface area contributed by atoms with Crippen LogP contribution in [0, 0.1) is 0 Å². The third-order valence-corrected chi connectivity index (χ3v) is 5.54. The fourth-order valence-corrected chi connectivity index (χ4v) is 4.06. The molecule has 1 atom stereocenters. The van der Waals surface area contributed by atoms with Gasteiger partial charge in [-0.3, -0.25) is 0 Å². The van der Waals surface area contributed by atoms with Crippen molar-refractivity contribution in [3.63, 3.8) is 0 Å². The molecule has 5 heteroatoms. The van der Waals surface area contributed by atoms with E-state index in [4.69, 9.17) is 5.73 Å². The minimum atomic E-state index is -3.34. The van der Waals surface area contributed by atoms with E-state index in [2.05, 4.69) is 0 Å². The van der Waals surface area contributed by atoms with Crippen LogP contribution in [0.1, 0.15) is 31.7 Å². The molecule has 1 aliphatic heterocycles. The summed E-state index contributed by atoms with van der Waals surface area (Å²) in [6.07, 6.45) is 3.00. The quantitative estimate of drug-likeness (QED) is 0.907. The highest BCUT2D eigenvalue weighted by atomic mass is 32.2. The molecule has 0 radical (unpaired) electrons. The minimum absolute atomic E-state index is 0.0953. The molecule has 100 valence electrons. The first kappa shape index (κ1) is 13.5. The second-order valence-corrected chi connectivity index (χ2v) is 6.70. The maximum atomic E-state index is 12.5. The average Bonchev–Trinajstić information content (AvgIpc) is 2.39. The number of hydrogen-bond donors (Lipinski definition) is 1. The van der Waals surface area contributed by atoms with Gasteiger partial charge >= 0.3 is 0 Å². The molecule has 1 aliphatic rings. The highest BCUT2D eigenvalue weighted by Crippen LogP contribution is 2.25. The van der Waals surface area contributed by atoms with Gasteiger partial charge in [0.15, 0.2) is 0 Å². The number of sulfonamides is 1. The normalized spacial score (nSPS) is 22.0. The van der Waals surface area contributed by atoms with E-state index < -0.39 is 10.0 Å².